The molecule has 0 aliphatic carbocycles. The molecule has 0 bridgehead atoms. The summed E-state index contributed by atoms with van der Waals surface area (Å²) in [6.07, 6.45) is -1.40. The number of carbonyl (C=O) groups is 1. The zero-order valence-electron chi connectivity index (χ0n) is 24.2. The van der Waals surface area contributed by atoms with Crippen molar-refractivity contribution in [3.8, 4) is 0 Å². The molecule has 0 atom stereocenters. The number of halogens is 4. The van der Waals surface area contributed by atoms with Crippen molar-refractivity contribution in [3.63, 3.8) is 0 Å². The number of rotatable bonds is 7. The number of aromatic nitrogens is 2. The number of amides is 2. The van der Waals surface area contributed by atoms with Crippen molar-refractivity contribution in [3.05, 3.63) is 76.7 Å². The highest BCUT2D eigenvalue weighted by atomic mass is 19.4. The van der Waals surface area contributed by atoms with Crippen LogP contribution in [0.15, 0.2) is 48.7 Å². The third kappa shape index (κ3) is 6.21. The van der Waals surface area contributed by atoms with Crippen LogP contribution in [0.5, 0.6) is 0 Å². The van der Waals surface area contributed by atoms with Crippen molar-refractivity contribution in [1.29, 1.82) is 0 Å². The quantitative estimate of drug-likeness (QED) is 0.345. The first-order chi connectivity index (χ1) is 20.7. The maximum Gasteiger partial charge on any atom is 0.416 e. The molecule has 3 aromatic rings. The molecule has 0 saturated carbocycles. The van der Waals surface area contributed by atoms with E-state index in [2.05, 4.69) is 4.90 Å². The number of anilines is 2. The number of carbonyl (C=O) groups excluding carboxylic acids is 1. The number of hydrogen-bond acceptors (Lipinski definition) is 5. The molecule has 12 heteroatoms. The van der Waals surface area contributed by atoms with E-state index in [-0.39, 0.29) is 30.0 Å². The molecule has 2 aromatic carbocycles. The smallest absolute Gasteiger partial charge is 0.379 e. The molecule has 0 N–H and O–H groups in total. The summed E-state index contributed by atoms with van der Waals surface area (Å²) in [4.78, 5) is 21.5. The number of aryl methyl sites for hydroxylation is 1. The molecule has 0 radical (unpaired) electrons. The predicted octanol–water partition coefficient (Wildman–Crippen LogP) is 5.29. The van der Waals surface area contributed by atoms with Crippen LogP contribution in [-0.4, -0.2) is 77.6 Å². The summed E-state index contributed by atoms with van der Waals surface area (Å²) >= 11 is 0. The van der Waals surface area contributed by atoms with Gasteiger partial charge in [-0.3, -0.25) is 14.5 Å². The van der Waals surface area contributed by atoms with E-state index in [1.165, 1.54) is 23.1 Å². The second-order valence-corrected chi connectivity index (χ2v) is 11.5. The van der Waals surface area contributed by atoms with E-state index in [4.69, 9.17) is 9.84 Å². The summed E-state index contributed by atoms with van der Waals surface area (Å²) in [7, 11) is 0. The van der Waals surface area contributed by atoms with E-state index in [9.17, 15) is 22.4 Å². The van der Waals surface area contributed by atoms with Crippen LogP contribution < -0.4 is 9.80 Å². The van der Waals surface area contributed by atoms with Gasteiger partial charge >= 0.3 is 12.2 Å². The first kappa shape index (κ1) is 29.4. The fourth-order valence-electron chi connectivity index (χ4n) is 6.43. The first-order valence-electron chi connectivity index (χ1n) is 14.8. The van der Waals surface area contributed by atoms with Crippen LogP contribution in [0.3, 0.4) is 0 Å². The number of urea groups is 1. The Morgan fingerprint density at radius 1 is 0.977 bits per heavy atom. The molecule has 43 heavy (non-hydrogen) atoms. The van der Waals surface area contributed by atoms with Gasteiger partial charge in [-0.05, 0) is 43.0 Å². The third-order valence-electron chi connectivity index (χ3n) is 8.70. The van der Waals surface area contributed by atoms with Gasteiger partial charge in [0.1, 0.15) is 5.82 Å². The van der Waals surface area contributed by atoms with E-state index < -0.39 is 11.7 Å². The van der Waals surface area contributed by atoms with Crippen LogP contribution >= 0.6 is 0 Å². The number of morpholine rings is 1. The average molecular weight is 601 g/mol. The van der Waals surface area contributed by atoms with E-state index in [1.807, 2.05) is 24.1 Å². The van der Waals surface area contributed by atoms with Crippen LogP contribution in [-0.2, 0) is 30.5 Å². The zero-order chi connectivity index (χ0) is 30.1. The Labute approximate surface area is 248 Å². The van der Waals surface area contributed by atoms with Gasteiger partial charge in [-0.15, -0.1) is 0 Å². The number of piperidine rings is 1. The van der Waals surface area contributed by atoms with Gasteiger partial charge in [0.2, 0.25) is 0 Å². The molecule has 1 aromatic heterocycles. The zero-order valence-corrected chi connectivity index (χ0v) is 24.2. The largest absolute Gasteiger partial charge is 0.416 e. The second-order valence-electron chi connectivity index (χ2n) is 11.5. The molecule has 0 spiro atoms. The summed E-state index contributed by atoms with van der Waals surface area (Å²) in [5.74, 6) is 0.135. The van der Waals surface area contributed by atoms with Gasteiger partial charge in [0, 0.05) is 50.5 Å². The normalized spacial score (nSPS) is 18.8. The predicted molar refractivity (Wildman–Crippen MR) is 154 cm³/mol. The monoisotopic (exact) mass is 600 g/mol. The van der Waals surface area contributed by atoms with Crippen molar-refractivity contribution in [2.24, 2.45) is 0 Å². The molecule has 0 unspecified atom stereocenters. The molecule has 8 nitrogen and oxygen atoms in total. The molecule has 4 heterocycles. The van der Waals surface area contributed by atoms with Gasteiger partial charge in [0.05, 0.1) is 44.1 Å². The fraction of sp³-hybridized carbons (Fsp3) is 0.484. The molecule has 2 amide bonds. The van der Waals surface area contributed by atoms with Gasteiger partial charge < -0.3 is 14.5 Å². The summed E-state index contributed by atoms with van der Waals surface area (Å²) in [5, 5.41) is 4.71. The highest BCUT2D eigenvalue weighted by molar-refractivity contribution is 5.94. The maximum atomic E-state index is 14.7. The second kappa shape index (κ2) is 12.2. The van der Waals surface area contributed by atoms with E-state index in [0.717, 1.165) is 36.8 Å². The Morgan fingerprint density at radius 2 is 1.72 bits per heavy atom. The standard InChI is InChI=1S/C31H36F4N6O2/c1-22-5-4-8-27(32)28(22)38-11-9-25(10-12-38)40-21-24-19-39(14-13-37-15-17-43-18-16-37)36-29(24)41(30(40)42)20-23-6-2-3-7-26(23)31(33,34)35/h2-8,19,25H,9-18,20-21H2,1H3. The lowest BCUT2D eigenvalue weighted by molar-refractivity contribution is -0.138. The van der Waals surface area contributed by atoms with Crippen LogP contribution in [0.2, 0.25) is 0 Å². The highest BCUT2D eigenvalue weighted by Crippen LogP contribution is 2.37. The topological polar surface area (TPSA) is 57.1 Å². The number of nitrogens with zero attached hydrogens (tertiary/aromatic N) is 6. The van der Waals surface area contributed by atoms with Gasteiger partial charge in [-0.2, -0.15) is 18.3 Å². The molecule has 3 aliphatic rings. The molecule has 2 fully saturated rings. The molecule has 6 rings (SSSR count). The molecular formula is C31H36F4N6O2. The summed E-state index contributed by atoms with van der Waals surface area (Å²) in [6.45, 7) is 7.48. The first-order valence-corrected chi connectivity index (χ1v) is 14.8. The van der Waals surface area contributed by atoms with Gasteiger partial charge in [-0.25, -0.2) is 9.18 Å². The molecule has 230 valence electrons. The van der Waals surface area contributed by atoms with Crippen molar-refractivity contribution in [2.45, 2.75) is 51.6 Å². The maximum absolute atomic E-state index is 14.7. The van der Waals surface area contributed by atoms with Crippen LogP contribution in [0.4, 0.5) is 33.9 Å². The summed E-state index contributed by atoms with van der Waals surface area (Å²) < 4.78 is 63.6. The Morgan fingerprint density at radius 3 is 2.44 bits per heavy atom. The minimum absolute atomic E-state index is 0.0175. The lowest BCUT2D eigenvalue weighted by Crippen LogP contribution is -2.54. The number of benzene rings is 2. The number of fused-ring (bicyclic) bond motifs is 1. The lowest BCUT2D eigenvalue weighted by atomic mass is 10.00. The Hall–Kier alpha value is -3.64. The molecular weight excluding hydrogens is 564 g/mol. The Bertz CT molecular complexity index is 1430. The summed E-state index contributed by atoms with van der Waals surface area (Å²) in [5.41, 5.74) is 1.50. The van der Waals surface area contributed by atoms with E-state index in [1.54, 1.807) is 21.7 Å². The molecule has 2 saturated heterocycles. The minimum Gasteiger partial charge on any atom is -0.379 e. The van der Waals surface area contributed by atoms with Crippen molar-refractivity contribution in [2.75, 3.05) is 55.7 Å². The van der Waals surface area contributed by atoms with E-state index >= 15 is 0 Å². The van der Waals surface area contributed by atoms with Crippen molar-refractivity contribution >= 4 is 17.5 Å². The third-order valence-corrected chi connectivity index (χ3v) is 8.70. The number of hydrogen-bond donors (Lipinski definition) is 0. The highest BCUT2D eigenvalue weighted by Gasteiger charge is 2.40. The minimum atomic E-state index is -4.55. The lowest BCUT2D eigenvalue weighted by Gasteiger charge is -2.43. The van der Waals surface area contributed by atoms with Gasteiger partial charge in [-0.1, -0.05) is 30.3 Å². The van der Waals surface area contributed by atoms with Crippen LogP contribution in [0.25, 0.3) is 0 Å². The SMILES string of the molecule is Cc1cccc(F)c1N1CCC(N2Cc3cn(CCN4CCOCC4)nc3N(Cc3ccccc3C(F)(F)F)C2=O)CC1. The fourth-order valence-corrected chi connectivity index (χ4v) is 6.43. The van der Waals surface area contributed by atoms with E-state index in [0.29, 0.717) is 63.7 Å². The number of para-hydroxylation sites is 1. The number of ether oxygens (including phenoxy) is 1. The van der Waals surface area contributed by atoms with Crippen molar-refractivity contribution < 1.29 is 27.1 Å². The van der Waals surface area contributed by atoms with Crippen LogP contribution in [0.1, 0.15) is 35.1 Å². The Kier molecular flexibility index (Phi) is 8.32. The molecule has 3 aliphatic heterocycles. The van der Waals surface area contributed by atoms with Crippen LogP contribution in [0, 0.1) is 12.7 Å². The van der Waals surface area contributed by atoms with Gasteiger partial charge in [0.25, 0.3) is 0 Å². The van der Waals surface area contributed by atoms with Gasteiger partial charge in [0.15, 0.2) is 5.82 Å². The van der Waals surface area contributed by atoms with Crippen molar-refractivity contribution in [1.82, 2.24) is 19.6 Å². The summed E-state index contributed by atoms with van der Waals surface area (Å²) in [6, 6.07) is 9.91. The average Bonchev–Trinajstić information content (AvgIpc) is 3.41. The number of alkyl halides is 3. The Balaban J connectivity index is 1.25.